The lowest BCUT2D eigenvalue weighted by Gasteiger charge is -2.60. The fourth-order valence-electron chi connectivity index (χ4n) is 6.85. The van der Waals surface area contributed by atoms with Gasteiger partial charge in [-0.05, 0) is 74.8 Å². The maximum absolute atomic E-state index is 13.3. The SMILES string of the molecule is C=CCN1CC[C@@]2(c3cccc(O)c3)C[C@@H](N(C)C(=O)CCCCCc3ccccc3)CC[C@]2(OC)C1. The molecule has 2 aromatic carbocycles. The predicted octanol–water partition coefficient (Wildman–Crippen LogP) is 5.72. The van der Waals surface area contributed by atoms with Crippen LogP contribution in [0.1, 0.15) is 62.5 Å². The first kappa shape index (κ1) is 27.4. The van der Waals surface area contributed by atoms with Crippen molar-refractivity contribution in [1.29, 1.82) is 0 Å². The van der Waals surface area contributed by atoms with Gasteiger partial charge in [0.2, 0.25) is 5.91 Å². The summed E-state index contributed by atoms with van der Waals surface area (Å²) in [6, 6.07) is 18.4. The number of hydrogen-bond acceptors (Lipinski definition) is 4. The first-order valence-electron chi connectivity index (χ1n) is 13.9. The van der Waals surface area contributed by atoms with Gasteiger partial charge in [0.1, 0.15) is 5.75 Å². The van der Waals surface area contributed by atoms with Crippen LogP contribution in [-0.4, -0.2) is 66.2 Å². The second-order valence-corrected chi connectivity index (χ2v) is 11.1. The van der Waals surface area contributed by atoms with Crippen LogP contribution in [0.3, 0.4) is 0 Å². The minimum atomic E-state index is -0.361. The van der Waals surface area contributed by atoms with Gasteiger partial charge in [0.25, 0.3) is 0 Å². The summed E-state index contributed by atoms with van der Waals surface area (Å²) in [5.41, 5.74) is 1.87. The molecule has 1 N–H and O–H groups in total. The number of methoxy groups -OCH3 is 1. The van der Waals surface area contributed by atoms with E-state index < -0.39 is 0 Å². The summed E-state index contributed by atoms with van der Waals surface area (Å²) in [4.78, 5) is 17.7. The Morgan fingerprint density at radius 1 is 1.16 bits per heavy atom. The zero-order valence-corrected chi connectivity index (χ0v) is 22.7. The number of rotatable bonds is 11. The van der Waals surface area contributed by atoms with Crippen LogP contribution in [0, 0.1) is 0 Å². The van der Waals surface area contributed by atoms with E-state index in [-0.39, 0.29) is 28.7 Å². The van der Waals surface area contributed by atoms with Crippen LogP contribution >= 0.6 is 0 Å². The number of ether oxygens (including phenoxy) is 1. The van der Waals surface area contributed by atoms with Gasteiger partial charge in [0.15, 0.2) is 0 Å². The number of aryl methyl sites for hydroxylation is 1. The number of likely N-dealkylation sites (tertiary alicyclic amines) is 1. The molecule has 1 aliphatic carbocycles. The molecule has 1 saturated heterocycles. The van der Waals surface area contributed by atoms with E-state index >= 15 is 0 Å². The number of aromatic hydroxyl groups is 1. The van der Waals surface area contributed by atoms with Gasteiger partial charge in [-0.3, -0.25) is 9.69 Å². The number of unbranched alkanes of at least 4 members (excludes halogenated alkanes) is 2. The zero-order chi connectivity index (χ0) is 26.3. The predicted molar refractivity (Wildman–Crippen MR) is 150 cm³/mol. The Balaban J connectivity index is 1.44. The molecule has 1 amide bonds. The first-order chi connectivity index (χ1) is 17.9. The molecule has 0 aromatic heterocycles. The molecule has 1 heterocycles. The van der Waals surface area contributed by atoms with Gasteiger partial charge >= 0.3 is 0 Å². The van der Waals surface area contributed by atoms with E-state index in [9.17, 15) is 9.90 Å². The molecule has 5 nitrogen and oxygen atoms in total. The topological polar surface area (TPSA) is 53.0 Å². The van der Waals surface area contributed by atoms with Crippen molar-refractivity contribution in [3.63, 3.8) is 0 Å². The van der Waals surface area contributed by atoms with Crippen LogP contribution in [0.2, 0.25) is 0 Å². The highest BCUT2D eigenvalue weighted by atomic mass is 16.5. The Labute approximate surface area is 223 Å². The van der Waals surface area contributed by atoms with Crippen molar-refractivity contribution < 1.29 is 14.6 Å². The second kappa shape index (κ2) is 12.3. The second-order valence-electron chi connectivity index (χ2n) is 11.1. The fraction of sp³-hybridized carbons (Fsp3) is 0.531. The molecular weight excluding hydrogens is 460 g/mol. The molecule has 0 spiro atoms. The summed E-state index contributed by atoms with van der Waals surface area (Å²) >= 11 is 0. The van der Waals surface area contributed by atoms with Gasteiger partial charge < -0.3 is 14.7 Å². The average Bonchev–Trinajstić information content (AvgIpc) is 2.92. The molecule has 2 aliphatic rings. The standard InChI is InChI=1S/C32H44N2O3/c1-4-21-34-22-20-31(27-15-11-16-29(35)23-27)24-28(18-19-32(31,25-34)37-3)33(2)30(36)17-10-6-9-14-26-12-7-5-8-13-26/h4-5,7-8,11-13,15-16,23,28,35H,1,6,9-10,14,17-22,24-25H2,2-3H3/t28-,31-,32-/m0/s1. The van der Waals surface area contributed by atoms with E-state index in [1.807, 2.05) is 37.3 Å². The van der Waals surface area contributed by atoms with Crippen molar-refractivity contribution in [2.45, 2.75) is 74.8 Å². The fourth-order valence-corrected chi connectivity index (χ4v) is 6.85. The van der Waals surface area contributed by atoms with Gasteiger partial charge in [-0.25, -0.2) is 0 Å². The molecule has 2 aromatic rings. The number of amides is 1. The third kappa shape index (κ3) is 5.94. The highest BCUT2D eigenvalue weighted by Gasteiger charge is 2.59. The van der Waals surface area contributed by atoms with E-state index in [1.54, 1.807) is 6.07 Å². The van der Waals surface area contributed by atoms with E-state index in [0.717, 1.165) is 76.6 Å². The van der Waals surface area contributed by atoms with Crippen LogP contribution < -0.4 is 0 Å². The van der Waals surface area contributed by atoms with Crippen molar-refractivity contribution >= 4 is 5.91 Å². The number of phenols is 1. The Kier molecular flexibility index (Phi) is 9.09. The van der Waals surface area contributed by atoms with Gasteiger partial charge in [0.05, 0.1) is 5.60 Å². The lowest BCUT2D eigenvalue weighted by Crippen LogP contribution is -2.68. The largest absolute Gasteiger partial charge is 0.508 e. The zero-order valence-electron chi connectivity index (χ0n) is 22.7. The van der Waals surface area contributed by atoms with Crippen molar-refractivity contribution in [3.8, 4) is 5.75 Å². The number of piperidine rings is 1. The third-order valence-corrected chi connectivity index (χ3v) is 8.99. The lowest BCUT2D eigenvalue weighted by molar-refractivity contribution is -0.159. The summed E-state index contributed by atoms with van der Waals surface area (Å²) < 4.78 is 6.41. The molecule has 1 aliphatic heterocycles. The minimum absolute atomic E-state index is 0.161. The summed E-state index contributed by atoms with van der Waals surface area (Å²) in [5.74, 6) is 0.525. The smallest absolute Gasteiger partial charge is 0.222 e. The first-order valence-corrected chi connectivity index (χ1v) is 13.9. The van der Waals surface area contributed by atoms with Gasteiger partial charge in [-0.1, -0.05) is 55.0 Å². The van der Waals surface area contributed by atoms with Crippen LogP contribution in [0.25, 0.3) is 0 Å². The van der Waals surface area contributed by atoms with Crippen LogP contribution in [0.5, 0.6) is 5.75 Å². The van der Waals surface area contributed by atoms with Gasteiger partial charge in [-0.15, -0.1) is 6.58 Å². The summed E-state index contributed by atoms with van der Waals surface area (Å²) in [6.45, 7) is 6.55. The highest BCUT2D eigenvalue weighted by molar-refractivity contribution is 5.76. The molecular formula is C32H44N2O3. The number of fused-ring (bicyclic) bond motifs is 1. The Morgan fingerprint density at radius 2 is 1.97 bits per heavy atom. The summed E-state index contributed by atoms with van der Waals surface area (Å²) in [6.07, 6.45) is 10.3. The average molecular weight is 505 g/mol. The van der Waals surface area contributed by atoms with Crippen molar-refractivity contribution in [3.05, 3.63) is 78.4 Å². The third-order valence-electron chi connectivity index (χ3n) is 8.99. The van der Waals surface area contributed by atoms with E-state index in [4.69, 9.17) is 4.74 Å². The summed E-state index contributed by atoms with van der Waals surface area (Å²) in [7, 11) is 3.82. The molecule has 1 saturated carbocycles. The Hall–Kier alpha value is -2.63. The summed E-state index contributed by atoms with van der Waals surface area (Å²) in [5, 5.41) is 10.4. The maximum Gasteiger partial charge on any atom is 0.222 e. The van der Waals surface area contributed by atoms with Gasteiger partial charge in [-0.2, -0.15) is 0 Å². The van der Waals surface area contributed by atoms with E-state index in [1.165, 1.54) is 5.56 Å². The van der Waals surface area contributed by atoms with Crippen molar-refractivity contribution in [2.24, 2.45) is 0 Å². The number of hydrogen-bond donors (Lipinski definition) is 1. The highest BCUT2D eigenvalue weighted by Crippen LogP contribution is 2.54. The van der Waals surface area contributed by atoms with Crippen molar-refractivity contribution in [1.82, 2.24) is 9.80 Å². The molecule has 2 fully saturated rings. The van der Waals surface area contributed by atoms with Crippen LogP contribution in [0.15, 0.2) is 67.3 Å². The molecule has 4 rings (SSSR count). The van der Waals surface area contributed by atoms with Crippen LogP contribution in [0.4, 0.5) is 0 Å². The van der Waals surface area contributed by atoms with E-state index in [2.05, 4.69) is 47.9 Å². The normalized spacial score (nSPS) is 25.8. The molecule has 37 heavy (non-hydrogen) atoms. The van der Waals surface area contributed by atoms with Crippen molar-refractivity contribution in [2.75, 3.05) is 33.8 Å². The van der Waals surface area contributed by atoms with Crippen LogP contribution in [-0.2, 0) is 21.4 Å². The molecule has 0 unspecified atom stereocenters. The monoisotopic (exact) mass is 504 g/mol. The minimum Gasteiger partial charge on any atom is -0.508 e. The molecule has 3 atom stereocenters. The number of carbonyl (C=O) groups excluding carboxylic acids is 1. The number of benzene rings is 2. The van der Waals surface area contributed by atoms with Gasteiger partial charge in [0, 0.05) is 45.1 Å². The molecule has 5 heteroatoms. The number of carbonyl (C=O) groups is 1. The quantitative estimate of drug-likeness (QED) is 0.314. The van der Waals surface area contributed by atoms with E-state index in [0.29, 0.717) is 6.42 Å². The molecule has 200 valence electrons. The lowest BCUT2D eigenvalue weighted by atomic mass is 9.55. The molecule has 0 radical (unpaired) electrons. The number of phenolic OH excluding ortho intramolecular Hbond substituents is 1. The Bertz CT molecular complexity index is 1040. The Morgan fingerprint density at radius 3 is 2.70 bits per heavy atom. The maximum atomic E-state index is 13.3. The number of nitrogens with zero attached hydrogens (tertiary/aromatic N) is 2. The molecule has 0 bridgehead atoms.